The zero-order valence-corrected chi connectivity index (χ0v) is 11.1. The Hall–Kier alpha value is -2.38. The van der Waals surface area contributed by atoms with Crippen molar-refractivity contribution in [2.45, 2.75) is 6.42 Å². The lowest BCUT2D eigenvalue weighted by molar-refractivity contribution is 0.477. The number of nitrogens with one attached hydrogen (secondary N) is 1. The fourth-order valence-corrected chi connectivity index (χ4v) is 1.70. The summed E-state index contributed by atoms with van der Waals surface area (Å²) in [5.41, 5.74) is 0.901. The lowest BCUT2D eigenvalue weighted by Gasteiger charge is -2.07. The van der Waals surface area contributed by atoms with Crippen LogP contribution >= 0.6 is 11.6 Å². The van der Waals surface area contributed by atoms with Gasteiger partial charge in [0.15, 0.2) is 0 Å². The van der Waals surface area contributed by atoms with Crippen LogP contribution < -0.4 is 4.74 Å². The first-order valence-electron chi connectivity index (χ1n) is 5.78. The maximum atomic E-state index is 13.3. The van der Waals surface area contributed by atoms with E-state index in [2.05, 4.69) is 0 Å². The third-order valence-electron chi connectivity index (χ3n) is 2.59. The highest BCUT2D eigenvalue weighted by molar-refractivity contribution is 6.30. The van der Waals surface area contributed by atoms with Crippen molar-refractivity contribution in [1.82, 2.24) is 0 Å². The molecule has 0 aromatic heterocycles. The Morgan fingerprint density at radius 1 is 1.20 bits per heavy atom. The monoisotopic (exact) mass is 288 g/mol. The molecule has 0 spiro atoms. The molecule has 0 unspecified atom stereocenters. The molecule has 100 valence electrons. The van der Waals surface area contributed by atoms with Gasteiger partial charge in [0, 0.05) is 6.07 Å². The minimum absolute atomic E-state index is 0.0395. The van der Waals surface area contributed by atoms with Crippen LogP contribution in [0.15, 0.2) is 42.5 Å². The van der Waals surface area contributed by atoms with Crippen LogP contribution in [-0.2, 0) is 0 Å². The van der Waals surface area contributed by atoms with Gasteiger partial charge in [0.05, 0.1) is 23.2 Å². The van der Waals surface area contributed by atoms with Crippen molar-refractivity contribution >= 4 is 17.3 Å². The summed E-state index contributed by atoms with van der Waals surface area (Å²) < 4.78 is 18.7. The Bertz CT molecular complexity index is 677. The van der Waals surface area contributed by atoms with Crippen LogP contribution in [0.25, 0.3) is 0 Å². The van der Waals surface area contributed by atoms with Crippen LogP contribution in [0.3, 0.4) is 0 Å². The summed E-state index contributed by atoms with van der Waals surface area (Å²) in [6.07, 6.45) is 0.0581. The van der Waals surface area contributed by atoms with Crippen LogP contribution in [0.4, 0.5) is 4.39 Å². The third kappa shape index (κ3) is 3.34. The molecule has 20 heavy (non-hydrogen) atoms. The Labute approximate surface area is 120 Å². The highest BCUT2D eigenvalue weighted by Gasteiger charge is 2.04. The number of halogens is 2. The molecule has 2 rings (SSSR count). The van der Waals surface area contributed by atoms with E-state index in [1.807, 2.05) is 6.07 Å². The second-order valence-corrected chi connectivity index (χ2v) is 4.42. The molecule has 0 heterocycles. The minimum Gasteiger partial charge on any atom is -0.457 e. The van der Waals surface area contributed by atoms with E-state index >= 15 is 0 Å². The lowest BCUT2D eigenvalue weighted by Crippen LogP contribution is -1.96. The minimum atomic E-state index is -0.545. The zero-order chi connectivity index (χ0) is 14.5. The largest absolute Gasteiger partial charge is 0.457 e. The fourth-order valence-electron chi connectivity index (χ4n) is 1.58. The summed E-state index contributed by atoms with van der Waals surface area (Å²) in [4.78, 5) is 0. The quantitative estimate of drug-likeness (QED) is 0.839. The molecule has 0 atom stereocenters. The maximum absolute atomic E-state index is 13.3. The highest BCUT2D eigenvalue weighted by Crippen LogP contribution is 2.25. The van der Waals surface area contributed by atoms with Gasteiger partial charge in [-0.2, -0.15) is 5.26 Å². The van der Waals surface area contributed by atoms with Crippen LogP contribution in [-0.4, -0.2) is 5.71 Å². The first-order valence-corrected chi connectivity index (χ1v) is 6.15. The molecule has 2 aromatic carbocycles. The van der Waals surface area contributed by atoms with Gasteiger partial charge < -0.3 is 10.1 Å². The SMILES string of the molecule is N#CCC(=N)c1ccc(Oc2ccc(Cl)c(F)c2)cc1. The predicted molar refractivity (Wildman–Crippen MR) is 75.0 cm³/mol. The average molecular weight is 289 g/mol. The molecule has 0 saturated carbocycles. The number of nitriles is 1. The van der Waals surface area contributed by atoms with E-state index in [1.165, 1.54) is 12.1 Å². The second-order valence-electron chi connectivity index (χ2n) is 4.02. The summed E-state index contributed by atoms with van der Waals surface area (Å²) in [5.74, 6) is 0.309. The summed E-state index contributed by atoms with van der Waals surface area (Å²) in [6.45, 7) is 0. The van der Waals surface area contributed by atoms with E-state index in [0.717, 1.165) is 0 Å². The van der Waals surface area contributed by atoms with Crippen LogP contribution in [0.1, 0.15) is 12.0 Å². The molecule has 0 aliphatic rings. The molecule has 0 radical (unpaired) electrons. The normalized spacial score (nSPS) is 9.85. The van der Waals surface area contributed by atoms with Gasteiger partial charge in [-0.15, -0.1) is 0 Å². The van der Waals surface area contributed by atoms with Crippen molar-refractivity contribution < 1.29 is 9.13 Å². The van der Waals surface area contributed by atoms with Gasteiger partial charge in [-0.25, -0.2) is 4.39 Å². The molecule has 0 fully saturated rings. The van der Waals surface area contributed by atoms with Crippen molar-refractivity contribution in [2.24, 2.45) is 0 Å². The first kappa shape index (κ1) is 14.0. The van der Waals surface area contributed by atoms with E-state index in [0.29, 0.717) is 17.1 Å². The van der Waals surface area contributed by atoms with Crippen molar-refractivity contribution in [2.75, 3.05) is 0 Å². The van der Waals surface area contributed by atoms with Crippen LogP contribution in [0.2, 0.25) is 5.02 Å². The van der Waals surface area contributed by atoms with E-state index in [4.69, 9.17) is 27.0 Å². The van der Waals surface area contributed by atoms with E-state index in [1.54, 1.807) is 30.3 Å². The number of hydrogen-bond donors (Lipinski definition) is 1. The molecular weight excluding hydrogens is 279 g/mol. The van der Waals surface area contributed by atoms with Crippen molar-refractivity contribution in [3.05, 3.63) is 58.9 Å². The molecule has 0 aliphatic heterocycles. The Morgan fingerprint density at radius 2 is 1.85 bits per heavy atom. The van der Waals surface area contributed by atoms with Crippen molar-refractivity contribution in [1.29, 1.82) is 10.7 Å². The predicted octanol–water partition coefficient (Wildman–Crippen LogP) is 4.55. The van der Waals surface area contributed by atoms with Gasteiger partial charge in [0.1, 0.15) is 17.3 Å². The van der Waals surface area contributed by atoms with Crippen LogP contribution in [0.5, 0.6) is 11.5 Å². The summed E-state index contributed by atoms with van der Waals surface area (Å²) in [5, 5.41) is 16.2. The van der Waals surface area contributed by atoms with E-state index < -0.39 is 5.82 Å². The second kappa shape index (κ2) is 6.18. The molecule has 2 aromatic rings. The number of hydrogen-bond acceptors (Lipinski definition) is 3. The number of rotatable bonds is 4. The topological polar surface area (TPSA) is 56.9 Å². The summed E-state index contributed by atoms with van der Waals surface area (Å²) in [6, 6.07) is 12.8. The van der Waals surface area contributed by atoms with E-state index in [9.17, 15) is 4.39 Å². The number of nitrogens with zero attached hydrogens (tertiary/aromatic N) is 1. The van der Waals surface area contributed by atoms with Gasteiger partial charge in [-0.1, -0.05) is 11.6 Å². The Kier molecular flexibility index (Phi) is 4.34. The summed E-state index contributed by atoms with van der Waals surface area (Å²) in [7, 11) is 0. The van der Waals surface area contributed by atoms with Crippen molar-refractivity contribution in [3.8, 4) is 17.6 Å². The Morgan fingerprint density at radius 3 is 2.45 bits per heavy atom. The third-order valence-corrected chi connectivity index (χ3v) is 2.89. The van der Waals surface area contributed by atoms with Gasteiger partial charge in [0.25, 0.3) is 0 Å². The smallest absolute Gasteiger partial charge is 0.145 e. The van der Waals surface area contributed by atoms with Gasteiger partial charge in [-0.3, -0.25) is 0 Å². The number of benzene rings is 2. The van der Waals surface area contributed by atoms with Gasteiger partial charge in [-0.05, 0) is 42.0 Å². The molecule has 0 aliphatic carbocycles. The zero-order valence-electron chi connectivity index (χ0n) is 10.4. The first-order chi connectivity index (χ1) is 9.60. The molecular formula is C15H10ClFN2O. The molecule has 5 heteroatoms. The fraction of sp³-hybridized carbons (Fsp3) is 0.0667. The van der Waals surface area contributed by atoms with Crippen LogP contribution in [0, 0.1) is 22.6 Å². The molecule has 3 nitrogen and oxygen atoms in total. The van der Waals surface area contributed by atoms with Gasteiger partial charge >= 0.3 is 0 Å². The van der Waals surface area contributed by atoms with E-state index in [-0.39, 0.29) is 17.2 Å². The van der Waals surface area contributed by atoms with Gasteiger partial charge in [0.2, 0.25) is 0 Å². The molecule has 0 amide bonds. The maximum Gasteiger partial charge on any atom is 0.145 e. The summed E-state index contributed by atoms with van der Waals surface area (Å²) >= 11 is 5.59. The molecule has 1 N–H and O–H groups in total. The number of ether oxygens (including phenoxy) is 1. The Balaban J connectivity index is 2.13. The highest BCUT2D eigenvalue weighted by atomic mass is 35.5. The lowest BCUT2D eigenvalue weighted by atomic mass is 10.1. The standard InChI is InChI=1S/C15H10ClFN2O/c16-13-6-5-12(9-14(13)17)20-11-3-1-10(2-4-11)15(19)7-8-18/h1-6,9,19H,7H2. The molecule has 0 bridgehead atoms. The average Bonchev–Trinajstić information content (AvgIpc) is 2.44. The molecule has 0 saturated heterocycles. The van der Waals surface area contributed by atoms with Crippen molar-refractivity contribution in [3.63, 3.8) is 0 Å².